The number of nitrogens with zero attached hydrogens (tertiary/aromatic N) is 4. The first kappa shape index (κ1) is 18.8. The molecule has 1 fully saturated rings. The fraction of sp³-hybridized carbons (Fsp3) is 0.368. The second-order valence-electron chi connectivity index (χ2n) is 6.41. The maximum Gasteiger partial charge on any atom is 0.258 e. The fourth-order valence-corrected chi connectivity index (χ4v) is 2.95. The smallest absolute Gasteiger partial charge is 0.258 e. The molecule has 1 aromatic carbocycles. The number of anilines is 3. The number of likely N-dealkylation sites (N-methyl/N-ethyl adjacent to an activating group) is 1. The van der Waals surface area contributed by atoms with Crippen LogP contribution in [0.3, 0.4) is 0 Å². The molecule has 1 aliphatic rings. The number of amides is 2. The molecule has 8 heteroatoms. The highest BCUT2D eigenvalue weighted by atomic mass is 16.2. The topological polar surface area (TPSA) is 90.5 Å². The van der Waals surface area contributed by atoms with Crippen molar-refractivity contribution in [1.82, 2.24) is 14.9 Å². The quantitative estimate of drug-likeness (QED) is 0.837. The predicted molar refractivity (Wildman–Crippen MR) is 105 cm³/mol. The van der Waals surface area contributed by atoms with Gasteiger partial charge in [0, 0.05) is 56.9 Å². The number of aromatic nitrogens is 2. The van der Waals surface area contributed by atoms with Crippen molar-refractivity contribution in [3.05, 3.63) is 42.2 Å². The summed E-state index contributed by atoms with van der Waals surface area (Å²) in [5, 5.41) is 5.48. The third kappa shape index (κ3) is 5.01. The van der Waals surface area contributed by atoms with Gasteiger partial charge in [0.1, 0.15) is 0 Å². The number of benzene rings is 1. The van der Waals surface area contributed by atoms with E-state index in [-0.39, 0.29) is 11.8 Å². The van der Waals surface area contributed by atoms with Crippen molar-refractivity contribution >= 4 is 29.1 Å². The molecular weight excluding hydrogens is 344 g/mol. The zero-order chi connectivity index (χ0) is 19.2. The van der Waals surface area contributed by atoms with Crippen molar-refractivity contribution in [2.45, 2.75) is 13.8 Å². The third-order valence-electron chi connectivity index (χ3n) is 4.44. The number of carbonyl (C=O) groups is 2. The summed E-state index contributed by atoms with van der Waals surface area (Å²) in [7, 11) is 0. The van der Waals surface area contributed by atoms with Gasteiger partial charge in [0.15, 0.2) is 0 Å². The van der Waals surface area contributed by atoms with Crippen molar-refractivity contribution in [1.29, 1.82) is 0 Å². The average Bonchev–Trinajstić information content (AvgIpc) is 2.68. The molecule has 0 radical (unpaired) electrons. The Labute approximate surface area is 158 Å². The molecule has 2 aromatic rings. The first-order valence-electron chi connectivity index (χ1n) is 9.03. The largest absolute Gasteiger partial charge is 0.338 e. The van der Waals surface area contributed by atoms with Gasteiger partial charge in [-0.05, 0) is 24.7 Å². The van der Waals surface area contributed by atoms with Crippen LogP contribution >= 0.6 is 0 Å². The van der Waals surface area contributed by atoms with Crippen molar-refractivity contribution in [2.24, 2.45) is 0 Å². The van der Waals surface area contributed by atoms with Gasteiger partial charge in [0.25, 0.3) is 5.91 Å². The Bertz CT molecular complexity index is 800. The number of hydrogen-bond donors (Lipinski definition) is 2. The molecule has 2 N–H and O–H groups in total. The molecule has 3 rings (SSSR count). The normalized spacial score (nSPS) is 14.7. The molecule has 8 nitrogen and oxygen atoms in total. The molecule has 27 heavy (non-hydrogen) atoms. The van der Waals surface area contributed by atoms with Crippen LogP contribution in [0.5, 0.6) is 0 Å². The Morgan fingerprint density at radius 1 is 1.04 bits per heavy atom. The van der Waals surface area contributed by atoms with Gasteiger partial charge in [-0.2, -0.15) is 0 Å². The summed E-state index contributed by atoms with van der Waals surface area (Å²) in [5.41, 5.74) is 1.60. The monoisotopic (exact) mass is 368 g/mol. The van der Waals surface area contributed by atoms with E-state index >= 15 is 0 Å². The first-order chi connectivity index (χ1) is 13.0. The minimum atomic E-state index is -0.294. The van der Waals surface area contributed by atoms with E-state index in [0.717, 1.165) is 32.7 Å². The lowest BCUT2D eigenvalue weighted by Gasteiger charge is -2.33. The molecule has 0 saturated carbocycles. The van der Waals surface area contributed by atoms with Crippen LogP contribution in [0.2, 0.25) is 0 Å². The van der Waals surface area contributed by atoms with Crippen LogP contribution in [0.15, 0.2) is 36.7 Å². The molecule has 0 unspecified atom stereocenters. The lowest BCUT2D eigenvalue weighted by molar-refractivity contribution is -0.114. The van der Waals surface area contributed by atoms with E-state index in [9.17, 15) is 9.59 Å². The highest BCUT2D eigenvalue weighted by Crippen LogP contribution is 2.16. The number of nitrogens with one attached hydrogen (secondary N) is 2. The molecule has 0 atom stereocenters. The Kier molecular flexibility index (Phi) is 5.97. The van der Waals surface area contributed by atoms with Gasteiger partial charge in [0.2, 0.25) is 11.9 Å². The Hall–Kier alpha value is -3.00. The zero-order valence-electron chi connectivity index (χ0n) is 15.6. The van der Waals surface area contributed by atoms with Crippen molar-refractivity contribution in [3.8, 4) is 0 Å². The molecule has 142 valence electrons. The van der Waals surface area contributed by atoms with Crippen LogP contribution in [0.1, 0.15) is 24.2 Å². The van der Waals surface area contributed by atoms with Gasteiger partial charge >= 0.3 is 0 Å². The standard InChI is InChI=1S/C19H24N6O2/c1-3-24-7-9-25(10-8-24)19-20-12-15(13-21-19)18(27)23-17-6-4-5-16(11-17)22-14(2)26/h4-6,11-13H,3,7-10H2,1-2H3,(H,22,26)(H,23,27). The summed E-state index contributed by atoms with van der Waals surface area (Å²) in [6, 6.07) is 6.97. The van der Waals surface area contributed by atoms with Crippen LogP contribution in [0.25, 0.3) is 0 Å². The molecular formula is C19H24N6O2. The van der Waals surface area contributed by atoms with Crippen molar-refractivity contribution in [2.75, 3.05) is 48.3 Å². The second kappa shape index (κ2) is 8.59. The van der Waals surface area contributed by atoms with E-state index in [2.05, 4.69) is 37.3 Å². The zero-order valence-corrected chi connectivity index (χ0v) is 15.6. The van der Waals surface area contributed by atoms with Crippen molar-refractivity contribution in [3.63, 3.8) is 0 Å². The Morgan fingerprint density at radius 3 is 2.26 bits per heavy atom. The van der Waals surface area contributed by atoms with Crippen LogP contribution in [0, 0.1) is 0 Å². The van der Waals surface area contributed by atoms with Crippen LogP contribution < -0.4 is 15.5 Å². The van der Waals surface area contributed by atoms with Crippen LogP contribution in [0.4, 0.5) is 17.3 Å². The lowest BCUT2D eigenvalue weighted by Crippen LogP contribution is -2.46. The van der Waals surface area contributed by atoms with Gasteiger partial charge in [-0.3, -0.25) is 9.59 Å². The maximum atomic E-state index is 12.4. The molecule has 0 spiro atoms. The number of carbonyl (C=O) groups excluding carboxylic acids is 2. The van der Waals surface area contributed by atoms with E-state index in [4.69, 9.17) is 0 Å². The summed E-state index contributed by atoms with van der Waals surface area (Å²) in [4.78, 5) is 36.8. The predicted octanol–water partition coefficient (Wildman–Crippen LogP) is 1.83. The molecule has 1 saturated heterocycles. The fourth-order valence-electron chi connectivity index (χ4n) is 2.95. The summed E-state index contributed by atoms with van der Waals surface area (Å²) >= 11 is 0. The minimum Gasteiger partial charge on any atom is -0.338 e. The van der Waals surface area contributed by atoms with E-state index in [1.54, 1.807) is 36.7 Å². The first-order valence-corrected chi connectivity index (χ1v) is 9.03. The number of rotatable bonds is 5. The Morgan fingerprint density at radius 2 is 1.67 bits per heavy atom. The van der Waals surface area contributed by atoms with Gasteiger partial charge in [0.05, 0.1) is 5.56 Å². The lowest BCUT2D eigenvalue weighted by atomic mass is 10.2. The van der Waals surface area contributed by atoms with Gasteiger partial charge in [-0.25, -0.2) is 9.97 Å². The van der Waals surface area contributed by atoms with E-state index in [1.807, 2.05) is 0 Å². The van der Waals surface area contributed by atoms with Gasteiger partial charge < -0.3 is 20.4 Å². The highest BCUT2D eigenvalue weighted by molar-refractivity contribution is 6.04. The highest BCUT2D eigenvalue weighted by Gasteiger charge is 2.18. The minimum absolute atomic E-state index is 0.165. The third-order valence-corrected chi connectivity index (χ3v) is 4.44. The number of hydrogen-bond acceptors (Lipinski definition) is 6. The van der Waals surface area contributed by atoms with E-state index in [0.29, 0.717) is 22.9 Å². The molecule has 1 aromatic heterocycles. The Balaban J connectivity index is 1.62. The summed E-state index contributed by atoms with van der Waals surface area (Å²) in [6.45, 7) is 8.40. The summed E-state index contributed by atoms with van der Waals surface area (Å²) < 4.78 is 0. The van der Waals surface area contributed by atoms with Crippen molar-refractivity contribution < 1.29 is 9.59 Å². The van der Waals surface area contributed by atoms with Gasteiger partial charge in [-0.1, -0.05) is 13.0 Å². The average molecular weight is 368 g/mol. The molecule has 1 aliphatic heterocycles. The van der Waals surface area contributed by atoms with Crippen LogP contribution in [-0.4, -0.2) is 59.4 Å². The van der Waals surface area contributed by atoms with Crippen LogP contribution in [-0.2, 0) is 4.79 Å². The molecule has 2 heterocycles. The SMILES string of the molecule is CCN1CCN(c2ncc(C(=O)Nc3cccc(NC(C)=O)c3)cn2)CC1. The van der Waals surface area contributed by atoms with E-state index in [1.165, 1.54) is 6.92 Å². The maximum absolute atomic E-state index is 12.4. The summed E-state index contributed by atoms with van der Waals surface area (Å²) in [6.07, 6.45) is 3.09. The molecule has 2 amide bonds. The number of piperazine rings is 1. The van der Waals surface area contributed by atoms with E-state index < -0.39 is 0 Å². The molecule has 0 aliphatic carbocycles. The summed E-state index contributed by atoms with van der Waals surface area (Å²) in [5.74, 6) is 0.189. The molecule has 0 bridgehead atoms. The second-order valence-corrected chi connectivity index (χ2v) is 6.41. The van der Waals surface area contributed by atoms with Gasteiger partial charge in [-0.15, -0.1) is 0 Å².